The van der Waals surface area contributed by atoms with E-state index in [1.807, 2.05) is 0 Å². The Morgan fingerprint density at radius 3 is 2.92 bits per heavy atom. The highest BCUT2D eigenvalue weighted by Gasteiger charge is 2.23. The molecule has 0 aromatic carbocycles. The molecule has 0 aromatic heterocycles. The minimum atomic E-state index is -0.854. The molecule has 0 aromatic rings. The molecule has 4 heteroatoms. The third-order valence-corrected chi connectivity index (χ3v) is 2.16. The van der Waals surface area contributed by atoms with Crippen molar-refractivity contribution in [3.63, 3.8) is 0 Å². The highest BCUT2D eigenvalue weighted by Crippen LogP contribution is 2.19. The van der Waals surface area contributed by atoms with Crippen LogP contribution in [0.5, 0.6) is 0 Å². The Morgan fingerprint density at radius 1 is 1.67 bits per heavy atom. The molecule has 12 heavy (non-hydrogen) atoms. The van der Waals surface area contributed by atoms with Crippen LogP contribution in [0.15, 0.2) is 0 Å². The molecule has 0 amide bonds. The summed E-state index contributed by atoms with van der Waals surface area (Å²) < 4.78 is 5.08. The summed E-state index contributed by atoms with van der Waals surface area (Å²) in [6.45, 7) is 1.26. The zero-order valence-electron chi connectivity index (χ0n) is 6.90. The van der Waals surface area contributed by atoms with E-state index in [1.54, 1.807) is 0 Å². The van der Waals surface area contributed by atoms with Crippen LogP contribution in [0.1, 0.15) is 19.3 Å². The average molecular weight is 174 g/mol. The number of carbonyl (C=O) groups is 1. The fraction of sp³-hybridized carbons (Fsp3) is 0.875. The molecule has 0 radical (unpaired) electrons. The molecule has 2 unspecified atom stereocenters. The number of aliphatic hydroxyl groups excluding tert-OH is 1. The van der Waals surface area contributed by atoms with Crippen molar-refractivity contribution in [1.29, 1.82) is 0 Å². The third kappa shape index (κ3) is 2.79. The molecule has 4 nitrogen and oxygen atoms in total. The van der Waals surface area contributed by atoms with Gasteiger partial charge in [0.2, 0.25) is 0 Å². The molecule has 0 spiro atoms. The first-order chi connectivity index (χ1) is 5.70. The molecular weight excluding hydrogens is 160 g/mol. The van der Waals surface area contributed by atoms with Gasteiger partial charge < -0.3 is 14.9 Å². The second-order valence-electron chi connectivity index (χ2n) is 3.12. The van der Waals surface area contributed by atoms with Crippen LogP contribution in [0.3, 0.4) is 0 Å². The van der Waals surface area contributed by atoms with E-state index in [0.29, 0.717) is 19.6 Å². The van der Waals surface area contributed by atoms with E-state index in [4.69, 9.17) is 9.84 Å². The van der Waals surface area contributed by atoms with E-state index in [2.05, 4.69) is 0 Å². The molecule has 1 heterocycles. The SMILES string of the molecule is O=C(O)CCC(O)C1CCOC1. The fourth-order valence-corrected chi connectivity index (χ4v) is 1.36. The Labute approximate surface area is 71.2 Å². The van der Waals surface area contributed by atoms with Crippen molar-refractivity contribution in [1.82, 2.24) is 0 Å². The van der Waals surface area contributed by atoms with Crippen LogP contribution in [0.25, 0.3) is 0 Å². The number of hydrogen-bond acceptors (Lipinski definition) is 3. The molecule has 1 fully saturated rings. The Morgan fingerprint density at radius 2 is 2.42 bits per heavy atom. The predicted octanol–water partition coefficient (Wildman–Crippen LogP) is 0.249. The maximum Gasteiger partial charge on any atom is 0.303 e. The van der Waals surface area contributed by atoms with Gasteiger partial charge in [-0.2, -0.15) is 0 Å². The molecule has 2 N–H and O–H groups in total. The summed E-state index contributed by atoms with van der Waals surface area (Å²) in [5.74, 6) is -0.711. The lowest BCUT2D eigenvalue weighted by Gasteiger charge is -2.14. The molecule has 2 atom stereocenters. The summed E-state index contributed by atoms with van der Waals surface area (Å²) in [6.07, 6.45) is 0.713. The zero-order chi connectivity index (χ0) is 8.97. The van der Waals surface area contributed by atoms with Gasteiger partial charge in [0.15, 0.2) is 0 Å². The van der Waals surface area contributed by atoms with E-state index < -0.39 is 12.1 Å². The highest BCUT2D eigenvalue weighted by molar-refractivity contribution is 5.66. The number of hydrogen-bond donors (Lipinski definition) is 2. The van der Waals surface area contributed by atoms with Crippen LogP contribution in [-0.2, 0) is 9.53 Å². The number of aliphatic carboxylic acids is 1. The lowest BCUT2D eigenvalue weighted by atomic mass is 9.98. The second-order valence-corrected chi connectivity index (χ2v) is 3.12. The zero-order valence-corrected chi connectivity index (χ0v) is 6.90. The van der Waals surface area contributed by atoms with Crippen LogP contribution in [0.2, 0.25) is 0 Å². The lowest BCUT2D eigenvalue weighted by molar-refractivity contribution is -0.137. The topological polar surface area (TPSA) is 66.8 Å². The summed E-state index contributed by atoms with van der Waals surface area (Å²) in [5, 5.41) is 17.8. The van der Waals surface area contributed by atoms with E-state index in [9.17, 15) is 9.90 Å². The minimum absolute atomic E-state index is 0.0394. The number of carboxylic acids is 1. The standard InChI is InChI=1S/C8H14O4/c9-7(1-2-8(10)11)6-3-4-12-5-6/h6-7,9H,1-5H2,(H,10,11). The van der Waals surface area contributed by atoms with Crippen LogP contribution >= 0.6 is 0 Å². The van der Waals surface area contributed by atoms with Gasteiger partial charge in [-0.15, -0.1) is 0 Å². The fourth-order valence-electron chi connectivity index (χ4n) is 1.36. The van der Waals surface area contributed by atoms with Crippen LogP contribution in [0.4, 0.5) is 0 Å². The van der Waals surface area contributed by atoms with Gasteiger partial charge in [-0.1, -0.05) is 0 Å². The van der Waals surface area contributed by atoms with Crippen molar-refractivity contribution in [2.45, 2.75) is 25.4 Å². The summed E-state index contributed by atoms with van der Waals surface area (Å²) in [5.41, 5.74) is 0. The van der Waals surface area contributed by atoms with Gasteiger partial charge in [-0.3, -0.25) is 4.79 Å². The molecule has 0 aliphatic carbocycles. The van der Waals surface area contributed by atoms with Crippen LogP contribution in [0, 0.1) is 5.92 Å². The van der Waals surface area contributed by atoms with Gasteiger partial charge in [-0.05, 0) is 12.8 Å². The smallest absolute Gasteiger partial charge is 0.303 e. The monoisotopic (exact) mass is 174 g/mol. The van der Waals surface area contributed by atoms with Crippen molar-refractivity contribution >= 4 is 5.97 Å². The molecule has 1 aliphatic heterocycles. The number of carboxylic acid groups (broad SMARTS) is 1. The van der Waals surface area contributed by atoms with Gasteiger partial charge in [0, 0.05) is 18.9 Å². The third-order valence-electron chi connectivity index (χ3n) is 2.16. The summed E-state index contributed by atoms with van der Waals surface area (Å²) in [4.78, 5) is 10.2. The summed E-state index contributed by atoms with van der Waals surface area (Å²) in [6, 6.07) is 0. The first-order valence-electron chi connectivity index (χ1n) is 4.17. The lowest BCUT2D eigenvalue weighted by Crippen LogP contribution is -2.21. The first-order valence-corrected chi connectivity index (χ1v) is 4.17. The van der Waals surface area contributed by atoms with E-state index in [0.717, 1.165) is 6.42 Å². The maximum absolute atomic E-state index is 10.2. The van der Waals surface area contributed by atoms with Crippen LogP contribution in [-0.4, -0.2) is 35.5 Å². The maximum atomic E-state index is 10.2. The Balaban J connectivity index is 2.17. The van der Waals surface area contributed by atoms with Crippen molar-refractivity contribution in [3.05, 3.63) is 0 Å². The van der Waals surface area contributed by atoms with Crippen molar-refractivity contribution < 1.29 is 19.7 Å². The second kappa shape index (κ2) is 4.42. The summed E-state index contributed by atoms with van der Waals surface area (Å²) >= 11 is 0. The van der Waals surface area contributed by atoms with Gasteiger partial charge >= 0.3 is 5.97 Å². The number of ether oxygens (including phenoxy) is 1. The normalized spacial score (nSPS) is 25.6. The van der Waals surface area contributed by atoms with Crippen molar-refractivity contribution in [3.8, 4) is 0 Å². The van der Waals surface area contributed by atoms with Gasteiger partial charge in [0.25, 0.3) is 0 Å². The van der Waals surface area contributed by atoms with Crippen LogP contribution < -0.4 is 0 Å². The molecule has 0 saturated carbocycles. The predicted molar refractivity (Wildman–Crippen MR) is 41.8 cm³/mol. The average Bonchev–Trinajstić information content (AvgIpc) is 2.51. The number of rotatable bonds is 4. The number of aliphatic hydroxyl groups is 1. The highest BCUT2D eigenvalue weighted by atomic mass is 16.5. The molecule has 1 saturated heterocycles. The molecule has 0 bridgehead atoms. The molecular formula is C8H14O4. The Hall–Kier alpha value is -0.610. The van der Waals surface area contributed by atoms with E-state index in [1.165, 1.54) is 0 Å². The van der Waals surface area contributed by atoms with Gasteiger partial charge in [0.1, 0.15) is 0 Å². The van der Waals surface area contributed by atoms with Crippen molar-refractivity contribution in [2.75, 3.05) is 13.2 Å². The quantitative estimate of drug-likeness (QED) is 0.641. The van der Waals surface area contributed by atoms with Gasteiger partial charge in [0.05, 0.1) is 12.7 Å². The van der Waals surface area contributed by atoms with Gasteiger partial charge in [-0.25, -0.2) is 0 Å². The Bertz CT molecular complexity index is 151. The van der Waals surface area contributed by atoms with E-state index >= 15 is 0 Å². The minimum Gasteiger partial charge on any atom is -0.481 e. The first kappa shape index (κ1) is 9.48. The van der Waals surface area contributed by atoms with E-state index in [-0.39, 0.29) is 12.3 Å². The largest absolute Gasteiger partial charge is 0.481 e. The van der Waals surface area contributed by atoms with Crippen molar-refractivity contribution in [2.24, 2.45) is 5.92 Å². The molecule has 1 aliphatic rings. The summed E-state index contributed by atoms with van der Waals surface area (Å²) in [7, 11) is 0. The molecule has 1 rings (SSSR count). The molecule has 70 valence electrons. The Kier molecular flexibility index (Phi) is 3.49.